The van der Waals surface area contributed by atoms with E-state index in [1.54, 1.807) is 0 Å². The molecule has 1 fully saturated rings. The summed E-state index contributed by atoms with van der Waals surface area (Å²) in [6.45, 7) is 3.26. The minimum Gasteiger partial charge on any atom is -0.479 e. The van der Waals surface area contributed by atoms with Crippen LogP contribution in [-0.4, -0.2) is 45.8 Å². The lowest BCUT2D eigenvalue weighted by atomic mass is 9.85. The van der Waals surface area contributed by atoms with Gasteiger partial charge in [-0.15, -0.1) is 6.58 Å². The molecule has 2 atom stereocenters. The van der Waals surface area contributed by atoms with E-state index in [9.17, 15) is 14.7 Å². The Bertz CT molecular complexity index is 400. The Morgan fingerprint density at radius 2 is 2.29 bits per heavy atom. The highest BCUT2D eigenvalue weighted by molar-refractivity contribution is 5.82. The summed E-state index contributed by atoms with van der Waals surface area (Å²) in [6, 6.07) is 0. The van der Waals surface area contributed by atoms with Crippen molar-refractivity contribution in [2.45, 2.75) is 12.0 Å². The number of hydrogen-bond acceptors (Lipinski definition) is 4. The van der Waals surface area contributed by atoms with Crippen molar-refractivity contribution in [1.29, 1.82) is 5.53 Å². The predicted octanol–water partition coefficient (Wildman–Crippen LogP) is 0.546. The lowest BCUT2D eigenvalue weighted by Gasteiger charge is -2.17. The number of allylic oxidation sites excluding steroid dienone is 1. The van der Waals surface area contributed by atoms with Gasteiger partial charge < -0.3 is 15.1 Å². The molecule has 17 heavy (non-hydrogen) atoms. The highest BCUT2D eigenvalue weighted by atomic mass is 16.4. The summed E-state index contributed by atoms with van der Waals surface area (Å²) in [5, 5.41) is 21.5. The third-order valence-electron chi connectivity index (χ3n) is 2.87. The summed E-state index contributed by atoms with van der Waals surface area (Å²) in [5.41, 5.74) is 5.01. The molecule has 0 radical (unpaired) electrons. The van der Waals surface area contributed by atoms with Gasteiger partial charge in [-0.05, 0) is 6.42 Å². The van der Waals surface area contributed by atoms with Crippen molar-refractivity contribution in [3.8, 4) is 0 Å². The predicted molar refractivity (Wildman–Crippen MR) is 55.6 cm³/mol. The molecule has 1 aliphatic rings. The molecule has 8 heteroatoms. The van der Waals surface area contributed by atoms with Crippen molar-refractivity contribution in [3.63, 3.8) is 0 Å². The molecule has 0 bridgehead atoms. The summed E-state index contributed by atoms with van der Waals surface area (Å²) in [6.07, 6.45) is 0.602. The van der Waals surface area contributed by atoms with E-state index in [-0.39, 0.29) is 13.1 Å². The van der Waals surface area contributed by atoms with Crippen LogP contribution < -0.4 is 4.91 Å². The van der Waals surface area contributed by atoms with E-state index in [4.69, 9.17) is 10.6 Å². The van der Waals surface area contributed by atoms with Gasteiger partial charge in [0.15, 0.2) is 0 Å². The molecule has 92 valence electrons. The van der Waals surface area contributed by atoms with Crippen LogP contribution in [0.2, 0.25) is 0 Å². The fourth-order valence-corrected chi connectivity index (χ4v) is 2.01. The smallest absolute Gasteiger partial charge is 0.407 e. The van der Waals surface area contributed by atoms with E-state index in [2.05, 4.69) is 16.6 Å². The summed E-state index contributed by atoms with van der Waals surface area (Å²) >= 11 is 0. The Labute approximate surface area is 96.8 Å². The fourth-order valence-electron chi connectivity index (χ4n) is 2.01. The van der Waals surface area contributed by atoms with Gasteiger partial charge in [0, 0.05) is 12.5 Å². The zero-order valence-corrected chi connectivity index (χ0v) is 9.04. The van der Waals surface area contributed by atoms with Crippen molar-refractivity contribution in [3.05, 3.63) is 12.7 Å². The Morgan fingerprint density at radius 3 is 2.71 bits per heavy atom. The number of likely N-dealkylation sites (tertiary alicyclic amines) is 1. The standard InChI is InChI=1S/C9H12N4O4/c1-2-3-6-4-13(8(16)17)5-9(6,7(14)15)11-12-10/h2,6,10H,1,3-5H2,(H-,14,15,16,17)/p+1/t6-,9-/m1/s1. The molecule has 0 aromatic heterocycles. The summed E-state index contributed by atoms with van der Waals surface area (Å²) in [7, 11) is 0. The second-order valence-electron chi connectivity index (χ2n) is 3.81. The van der Waals surface area contributed by atoms with E-state index < -0.39 is 23.5 Å². The summed E-state index contributed by atoms with van der Waals surface area (Å²) in [4.78, 5) is 25.9. The monoisotopic (exact) mass is 241 g/mol. The highest BCUT2D eigenvalue weighted by Gasteiger charge is 2.58. The summed E-state index contributed by atoms with van der Waals surface area (Å²) in [5.74, 6) is -1.83. The van der Waals surface area contributed by atoms with E-state index >= 15 is 0 Å². The fraction of sp³-hybridized carbons (Fsp3) is 0.556. The first kappa shape index (κ1) is 12.9. The average Bonchev–Trinajstić information content (AvgIpc) is 2.60. The minimum absolute atomic E-state index is 0.0483. The molecule has 1 saturated heterocycles. The van der Waals surface area contributed by atoms with Crippen LogP contribution in [0.4, 0.5) is 4.79 Å². The summed E-state index contributed by atoms with van der Waals surface area (Å²) < 4.78 is 0. The molecule has 0 spiro atoms. The van der Waals surface area contributed by atoms with Crippen molar-refractivity contribution < 1.29 is 19.8 Å². The van der Waals surface area contributed by atoms with Crippen LogP contribution in [0, 0.1) is 11.4 Å². The molecule has 0 saturated carbocycles. The Morgan fingerprint density at radius 1 is 1.65 bits per heavy atom. The maximum Gasteiger partial charge on any atom is 0.407 e. The van der Waals surface area contributed by atoms with Gasteiger partial charge in [0.05, 0.1) is 6.54 Å². The molecule has 8 nitrogen and oxygen atoms in total. The normalized spacial score (nSPS) is 27.3. The molecule has 0 aliphatic carbocycles. The molecule has 3 N–H and O–H groups in total. The van der Waals surface area contributed by atoms with Crippen LogP contribution in [0.1, 0.15) is 6.42 Å². The number of hydrogen-bond donors (Lipinski definition) is 3. The number of aliphatic carboxylic acids is 1. The van der Waals surface area contributed by atoms with Crippen LogP contribution in [0.15, 0.2) is 17.8 Å². The topological polar surface area (TPSA) is 128 Å². The Hall–Kier alpha value is -2.21. The van der Waals surface area contributed by atoms with Crippen LogP contribution >= 0.6 is 0 Å². The van der Waals surface area contributed by atoms with Crippen LogP contribution in [0.25, 0.3) is 0 Å². The van der Waals surface area contributed by atoms with E-state index in [0.717, 1.165) is 4.90 Å². The van der Waals surface area contributed by atoms with Crippen molar-refractivity contribution >= 4 is 12.1 Å². The lowest BCUT2D eigenvalue weighted by molar-refractivity contribution is -0.144. The third-order valence-corrected chi connectivity index (χ3v) is 2.87. The number of carboxylic acid groups (broad SMARTS) is 2. The molecule has 0 aromatic rings. The number of rotatable bonds is 4. The first-order valence-corrected chi connectivity index (χ1v) is 4.88. The zero-order valence-electron chi connectivity index (χ0n) is 9.04. The van der Waals surface area contributed by atoms with Gasteiger partial charge in [-0.1, -0.05) is 6.08 Å². The van der Waals surface area contributed by atoms with E-state index in [1.807, 2.05) is 0 Å². The van der Waals surface area contributed by atoms with Crippen LogP contribution in [-0.2, 0) is 4.79 Å². The first-order valence-electron chi connectivity index (χ1n) is 4.88. The molecular formula is C9H13N4O4+. The number of nitrogens with zero attached hydrogens (tertiary/aromatic N) is 3. The van der Waals surface area contributed by atoms with Gasteiger partial charge in [0.25, 0.3) is 5.54 Å². The van der Waals surface area contributed by atoms with Gasteiger partial charge in [-0.25, -0.2) is 9.59 Å². The van der Waals surface area contributed by atoms with Crippen molar-refractivity contribution in [2.75, 3.05) is 13.1 Å². The number of nitrogens with one attached hydrogen (secondary N) is 1. The molecule has 1 aliphatic heterocycles. The molecule has 0 aromatic carbocycles. The minimum atomic E-state index is -1.67. The van der Waals surface area contributed by atoms with E-state index in [1.165, 1.54) is 6.08 Å². The number of carboxylic acids is 1. The molecule has 0 unspecified atom stereocenters. The van der Waals surface area contributed by atoms with Gasteiger partial charge >= 0.3 is 12.1 Å². The van der Waals surface area contributed by atoms with E-state index in [0.29, 0.717) is 6.42 Å². The molecular weight excluding hydrogens is 228 g/mol. The average molecular weight is 241 g/mol. The van der Waals surface area contributed by atoms with Gasteiger partial charge in [0.2, 0.25) is 4.91 Å². The second kappa shape index (κ2) is 4.75. The van der Waals surface area contributed by atoms with Crippen molar-refractivity contribution in [1.82, 2.24) is 9.81 Å². The van der Waals surface area contributed by atoms with Crippen LogP contribution in [0.5, 0.6) is 0 Å². The maximum absolute atomic E-state index is 11.3. The zero-order chi connectivity index (χ0) is 13.1. The maximum atomic E-state index is 11.3. The molecule has 1 rings (SSSR count). The third kappa shape index (κ3) is 2.16. The number of amides is 1. The molecule has 1 heterocycles. The van der Waals surface area contributed by atoms with Gasteiger partial charge in [-0.2, -0.15) is 0 Å². The Balaban J connectivity index is 3.14. The number of carbonyl (C=O) groups is 2. The second-order valence-corrected chi connectivity index (χ2v) is 3.81. The van der Waals surface area contributed by atoms with Gasteiger partial charge in [-0.3, -0.25) is 0 Å². The quantitative estimate of drug-likeness (QED) is 0.377. The van der Waals surface area contributed by atoms with Gasteiger partial charge in [0.1, 0.15) is 10.6 Å². The Kier molecular flexibility index (Phi) is 3.59. The van der Waals surface area contributed by atoms with Crippen LogP contribution in [0.3, 0.4) is 0 Å². The highest BCUT2D eigenvalue weighted by Crippen LogP contribution is 2.34. The van der Waals surface area contributed by atoms with Crippen molar-refractivity contribution in [2.24, 2.45) is 11.0 Å². The SMILES string of the molecule is C=CC[C@@H]1CN(C(=O)O)C[C@]1(N=[N+]=N)C(=O)O. The molecule has 1 amide bonds. The lowest BCUT2D eigenvalue weighted by Crippen LogP contribution is -2.45. The largest absolute Gasteiger partial charge is 0.479 e. The first-order chi connectivity index (χ1) is 7.97.